The molecule has 1 aromatic rings. The first kappa shape index (κ1) is 21.8. The first-order chi connectivity index (χ1) is 12.5. The summed E-state index contributed by atoms with van der Waals surface area (Å²) < 4.78 is 45.7. The lowest BCUT2D eigenvalue weighted by Gasteiger charge is -2.33. The Morgan fingerprint density at radius 3 is 2.67 bits per heavy atom. The molecule has 0 aliphatic carbocycles. The van der Waals surface area contributed by atoms with E-state index in [1.807, 2.05) is 6.92 Å². The van der Waals surface area contributed by atoms with Gasteiger partial charge in [-0.15, -0.1) is 0 Å². The number of alkyl halides is 3. The predicted molar refractivity (Wildman–Crippen MR) is 96.0 cm³/mol. The molecular formula is C17H19Cl2F3N2O3. The maximum atomic E-state index is 13.5. The lowest BCUT2D eigenvalue weighted by atomic mass is 10.0. The highest BCUT2D eigenvalue weighted by atomic mass is 35.5. The van der Waals surface area contributed by atoms with E-state index in [0.29, 0.717) is 11.4 Å². The average molecular weight is 427 g/mol. The summed E-state index contributed by atoms with van der Waals surface area (Å²) in [5, 5.41) is 14.5. The number of rotatable bonds is 6. The smallest absolute Gasteiger partial charge is 0.438 e. The van der Waals surface area contributed by atoms with E-state index in [4.69, 9.17) is 27.9 Å². The standard InChI is InChI=1S/C17H19Cl2F3N2O3/c1-3-4-5-12-9-16(26,17(20,21)22)24(23-12)15(25)10(2)27-14-7-6-11(18)8-13(14)19/h6-8,10,26H,3-5,9H2,1-2H3/t10-,16-/m1/s1. The van der Waals surface area contributed by atoms with Crippen LogP contribution in [0.3, 0.4) is 0 Å². The van der Waals surface area contributed by atoms with E-state index in [0.717, 1.165) is 6.42 Å². The topological polar surface area (TPSA) is 62.1 Å². The van der Waals surface area contributed by atoms with Crippen molar-refractivity contribution in [2.75, 3.05) is 0 Å². The number of aliphatic hydroxyl groups is 1. The second-order valence-corrected chi connectivity index (χ2v) is 7.09. The molecule has 2 atom stereocenters. The van der Waals surface area contributed by atoms with Crippen LogP contribution >= 0.6 is 23.2 Å². The molecule has 0 spiro atoms. The summed E-state index contributed by atoms with van der Waals surface area (Å²) >= 11 is 11.7. The molecule has 10 heteroatoms. The number of carbonyl (C=O) groups is 1. The van der Waals surface area contributed by atoms with Gasteiger partial charge < -0.3 is 9.84 Å². The van der Waals surface area contributed by atoms with Crippen LogP contribution in [0.5, 0.6) is 5.75 Å². The molecule has 1 aliphatic rings. The number of hydrogen-bond acceptors (Lipinski definition) is 4. The molecule has 150 valence electrons. The van der Waals surface area contributed by atoms with Crippen molar-refractivity contribution >= 4 is 34.8 Å². The van der Waals surface area contributed by atoms with E-state index in [9.17, 15) is 23.1 Å². The lowest BCUT2D eigenvalue weighted by molar-refractivity contribution is -0.303. The van der Waals surface area contributed by atoms with Gasteiger partial charge in [0, 0.05) is 17.2 Å². The first-order valence-corrected chi connectivity index (χ1v) is 9.06. The molecule has 0 bridgehead atoms. The molecule has 5 nitrogen and oxygen atoms in total. The van der Waals surface area contributed by atoms with Gasteiger partial charge in [0.1, 0.15) is 5.75 Å². The van der Waals surface area contributed by atoms with Crippen molar-refractivity contribution in [2.24, 2.45) is 5.10 Å². The van der Waals surface area contributed by atoms with Crippen LogP contribution < -0.4 is 4.74 Å². The zero-order chi connectivity index (χ0) is 20.4. The third kappa shape index (κ3) is 4.67. The van der Waals surface area contributed by atoms with E-state index >= 15 is 0 Å². The highest BCUT2D eigenvalue weighted by Gasteiger charge is 2.63. The van der Waals surface area contributed by atoms with Gasteiger partial charge in [-0.2, -0.15) is 23.3 Å². The average Bonchev–Trinajstić information content (AvgIpc) is 2.92. The highest BCUT2D eigenvalue weighted by Crippen LogP contribution is 2.41. The minimum atomic E-state index is -5.07. The van der Waals surface area contributed by atoms with Crippen LogP contribution in [-0.2, 0) is 4.79 Å². The fourth-order valence-electron chi connectivity index (χ4n) is 2.57. The van der Waals surface area contributed by atoms with Gasteiger partial charge in [0.2, 0.25) is 0 Å². The molecule has 0 saturated carbocycles. The molecule has 27 heavy (non-hydrogen) atoms. The van der Waals surface area contributed by atoms with Crippen LogP contribution in [-0.4, -0.2) is 39.7 Å². The highest BCUT2D eigenvalue weighted by molar-refractivity contribution is 6.35. The Morgan fingerprint density at radius 2 is 2.11 bits per heavy atom. The SMILES string of the molecule is CCCCC1=NN(C(=O)[C@@H](C)Oc2ccc(Cl)cc2Cl)[C@](O)(C(F)(F)F)C1. The summed E-state index contributed by atoms with van der Waals surface area (Å²) in [6.45, 7) is 3.13. The van der Waals surface area contributed by atoms with Crippen molar-refractivity contribution in [3.63, 3.8) is 0 Å². The second-order valence-electron chi connectivity index (χ2n) is 6.25. The largest absolute Gasteiger partial charge is 0.479 e. The number of amides is 1. The van der Waals surface area contributed by atoms with Crippen LogP contribution in [0.1, 0.15) is 39.5 Å². The van der Waals surface area contributed by atoms with Crippen LogP contribution in [0.4, 0.5) is 13.2 Å². The van der Waals surface area contributed by atoms with Crippen molar-refractivity contribution < 1.29 is 27.8 Å². The maximum absolute atomic E-state index is 13.5. The normalized spacial score (nSPS) is 21.2. The second kappa shape index (κ2) is 8.24. The third-order valence-corrected chi connectivity index (χ3v) is 4.60. The Kier molecular flexibility index (Phi) is 6.65. The number of halogens is 5. The van der Waals surface area contributed by atoms with Gasteiger partial charge >= 0.3 is 6.18 Å². The molecule has 1 heterocycles. The fraction of sp³-hybridized carbons (Fsp3) is 0.529. The number of hydrazone groups is 1. The van der Waals surface area contributed by atoms with Crippen molar-refractivity contribution in [3.05, 3.63) is 28.2 Å². The quantitative estimate of drug-likeness (QED) is 0.710. The number of ether oxygens (including phenoxy) is 1. The van der Waals surface area contributed by atoms with Gasteiger partial charge in [-0.25, -0.2) is 0 Å². The predicted octanol–water partition coefficient (Wildman–Crippen LogP) is 4.79. The van der Waals surface area contributed by atoms with Crippen molar-refractivity contribution in [3.8, 4) is 5.75 Å². The number of carbonyl (C=O) groups excluding carboxylic acids is 1. The molecule has 0 saturated heterocycles. The van der Waals surface area contributed by atoms with Gasteiger partial charge in [-0.05, 0) is 38.0 Å². The van der Waals surface area contributed by atoms with E-state index in [1.54, 1.807) is 0 Å². The molecular weight excluding hydrogens is 408 g/mol. The number of nitrogens with zero attached hydrogens (tertiary/aromatic N) is 2. The van der Waals surface area contributed by atoms with E-state index in [1.165, 1.54) is 25.1 Å². The minimum absolute atomic E-state index is 0.0758. The van der Waals surface area contributed by atoms with Gasteiger partial charge in [0.15, 0.2) is 6.10 Å². The van der Waals surface area contributed by atoms with E-state index in [2.05, 4.69) is 5.10 Å². The molecule has 0 radical (unpaired) electrons. The summed E-state index contributed by atoms with van der Waals surface area (Å²) in [7, 11) is 0. The maximum Gasteiger partial charge on any atom is 0.438 e. The molecule has 1 aliphatic heterocycles. The Hall–Kier alpha value is -1.51. The summed E-state index contributed by atoms with van der Waals surface area (Å²) in [5.74, 6) is -1.06. The number of unbranched alkanes of at least 4 members (excludes halogenated alkanes) is 1. The molecule has 1 N–H and O–H groups in total. The van der Waals surface area contributed by atoms with E-state index < -0.39 is 30.3 Å². The molecule has 0 fully saturated rings. The van der Waals surface area contributed by atoms with Crippen LogP contribution in [0.25, 0.3) is 0 Å². The minimum Gasteiger partial charge on any atom is -0.479 e. The monoisotopic (exact) mass is 426 g/mol. The van der Waals surface area contributed by atoms with Crippen LogP contribution in [0.15, 0.2) is 23.3 Å². The van der Waals surface area contributed by atoms with Gasteiger partial charge in [0.25, 0.3) is 11.6 Å². The summed E-state index contributed by atoms with van der Waals surface area (Å²) in [6.07, 6.45) is -5.62. The molecule has 0 aromatic heterocycles. The van der Waals surface area contributed by atoms with E-state index in [-0.39, 0.29) is 27.9 Å². The summed E-state index contributed by atoms with van der Waals surface area (Å²) in [5.41, 5.74) is -3.28. The molecule has 1 amide bonds. The van der Waals surface area contributed by atoms with Gasteiger partial charge in [-0.1, -0.05) is 36.5 Å². The molecule has 0 unspecified atom stereocenters. The summed E-state index contributed by atoms with van der Waals surface area (Å²) in [4.78, 5) is 12.6. The Balaban J connectivity index is 2.25. The third-order valence-electron chi connectivity index (χ3n) is 4.07. The Labute approximate surface area is 164 Å². The summed E-state index contributed by atoms with van der Waals surface area (Å²) in [6, 6.07) is 4.23. The van der Waals surface area contributed by atoms with Crippen molar-refractivity contribution in [1.29, 1.82) is 0 Å². The fourth-order valence-corrected chi connectivity index (χ4v) is 3.03. The van der Waals surface area contributed by atoms with Crippen molar-refractivity contribution in [2.45, 2.75) is 57.5 Å². The first-order valence-electron chi connectivity index (χ1n) is 8.31. The Bertz CT molecular complexity index is 743. The number of benzene rings is 1. The van der Waals surface area contributed by atoms with Crippen LogP contribution in [0, 0.1) is 0 Å². The molecule has 1 aromatic carbocycles. The van der Waals surface area contributed by atoms with Gasteiger partial charge in [0.05, 0.1) is 5.02 Å². The van der Waals surface area contributed by atoms with Gasteiger partial charge in [-0.3, -0.25) is 4.79 Å². The zero-order valence-corrected chi connectivity index (χ0v) is 16.2. The Morgan fingerprint density at radius 1 is 1.44 bits per heavy atom. The zero-order valence-electron chi connectivity index (χ0n) is 14.7. The number of hydrogen-bond donors (Lipinski definition) is 1. The van der Waals surface area contributed by atoms with Crippen LogP contribution in [0.2, 0.25) is 10.0 Å². The van der Waals surface area contributed by atoms with Crippen molar-refractivity contribution in [1.82, 2.24) is 5.01 Å². The lowest BCUT2D eigenvalue weighted by Crippen LogP contribution is -2.58. The molecule has 2 rings (SSSR count).